The molecule has 0 aliphatic rings. The topological polar surface area (TPSA) is 83.5 Å². The summed E-state index contributed by atoms with van der Waals surface area (Å²) >= 11 is 0.958. The Kier molecular flexibility index (Phi) is 7.30. The van der Waals surface area contributed by atoms with Gasteiger partial charge in [0.05, 0.1) is 32.9 Å². The van der Waals surface area contributed by atoms with E-state index in [2.05, 4.69) is 9.97 Å². The smallest absolute Gasteiger partial charge is 0.279 e. The molecular formula is C28H21F3N4O3S2. The number of para-hydroxylation sites is 2. The number of aromatic nitrogens is 2. The lowest BCUT2D eigenvalue weighted by Gasteiger charge is -2.21. The van der Waals surface area contributed by atoms with Crippen LogP contribution in [0.3, 0.4) is 0 Å². The quantitative estimate of drug-likeness (QED) is 0.222. The molecule has 0 bridgehead atoms. The minimum atomic E-state index is -4.61. The summed E-state index contributed by atoms with van der Waals surface area (Å²) in [6.45, 7) is -0.00928. The predicted molar refractivity (Wildman–Crippen MR) is 148 cm³/mol. The lowest BCUT2D eigenvalue weighted by atomic mass is 10.2. The van der Waals surface area contributed by atoms with Crippen molar-refractivity contribution in [2.75, 3.05) is 16.3 Å². The number of thiazole rings is 1. The first-order chi connectivity index (χ1) is 19.1. The van der Waals surface area contributed by atoms with Gasteiger partial charge in [0.25, 0.3) is 15.9 Å². The molecule has 0 fully saturated rings. The van der Waals surface area contributed by atoms with Crippen molar-refractivity contribution in [2.24, 2.45) is 0 Å². The zero-order valence-electron chi connectivity index (χ0n) is 20.9. The number of rotatable bonds is 7. The average Bonchev–Trinajstić information content (AvgIpc) is 3.40. The summed E-state index contributed by atoms with van der Waals surface area (Å²) in [4.78, 5) is 23.2. The van der Waals surface area contributed by atoms with Crippen molar-refractivity contribution in [2.45, 2.75) is 17.6 Å². The zero-order valence-corrected chi connectivity index (χ0v) is 22.5. The number of alkyl halides is 3. The lowest BCUT2D eigenvalue weighted by molar-refractivity contribution is -0.136. The molecule has 204 valence electrons. The van der Waals surface area contributed by atoms with Crippen LogP contribution < -0.4 is 9.21 Å². The van der Waals surface area contributed by atoms with Crippen LogP contribution in [0.2, 0.25) is 0 Å². The molecule has 5 aromatic rings. The number of amides is 1. The summed E-state index contributed by atoms with van der Waals surface area (Å²) < 4.78 is 68.6. The second kappa shape index (κ2) is 10.7. The van der Waals surface area contributed by atoms with Crippen molar-refractivity contribution >= 4 is 48.3 Å². The molecule has 0 spiro atoms. The fourth-order valence-electron chi connectivity index (χ4n) is 4.04. The standard InChI is InChI=1S/C28H21F3N4O3S2/c1-34(21-8-3-2-4-9-21)40(37,38)22-14-12-20(13-15-22)26(36)35(18-19-7-6-16-32-17-19)27-33-25-23(28(29,30)31)10-5-11-24(25)39-27/h2-17H,18H2,1H3. The number of pyridine rings is 1. The van der Waals surface area contributed by atoms with E-state index in [0.29, 0.717) is 11.3 Å². The first-order valence-electron chi connectivity index (χ1n) is 11.9. The molecule has 2 aromatic heterocycles. The molecule has 0 unspecified atom stereocenters. The lowest BCUT2D eigenvalue weighted by Crippen LogP contribution is -2.30. The van der Waals surface area contributed by atoms with Crippen LogP contribution >= 0.6 is 11.3 Å². The minimum absolute atomic E-state index is 0.00928. The molecule has 2 heterocycles. The molecule has 0 atom stereocenters. The number of sulfonamides is 1. The highest BCUT2D eigenvalue weighted by atomic mass is 32.2. The Balaban J connectivity index is 1.51. The molecule has 0 aliphatic carbocycles. The molecule has 0 aliphatic heterocycles. The number of carbonyl (C=O) groups excluding carboxylic acids is 1. The minimum Gasteiger partial charge on any atom is -0.279 e. The van der Waals surface area contributed by atoms with Gasteiger partial charge in [-0.3, -0.25) is 19.0 Å². The highest BCUT2D eigenvalue weighted by molar-refractivity contribution is 7.92. The molecule has 0 radical (unpaired) electrons. The van der Waals surface area contributed by atoms with Crippen LogP contribution in [-0.2, 0) is 22.7 Å². The van der Waals surface area contributed by atoms with Crippen molar-refractivity contribution < 1.29 is 26.4 Å². The van der Waals surface area contributed by atoms with E-state index in [4.69, 9.17) is 0 Å². The monoisotopic (exact) mass is 582 g/mol. The molecule has 0 saturated carbocycles. The van der Waals surface area contributed by atoms with Crippen LogP contribution in [0.5, 0.6) is 0 Å². The van der Waals surface area contributed by atoms with Crippen molar-refractivity contribution in [3.8, 4) is 0 Å². The first-order valence-corrected chi connectivity index (χ1v) is 14.1. The van der Waals surface area contributed by atoms with E-state index in [0.717, 1.165) is 21.7 Å². The van der Waals surface area contributed by atoms with E-state index in [1.165, 1.54) is 48.3 Å². The van der Waals surface area contributed by atoms with E-state index < -0.39 is 27.7 Å². The molecule has 0 saturated heterocycles. The molecule has 40 heavy (non-hydrogen) atoms. The van der Waals surface area contributed by atoms with Crippen LogP contribution in [0.15, 0.2) is 102 Å². The number of hydrogen-bond donors (Lipinski definition) is 0. The van der Waals surface area contributed by atoms with Gasteiger partial charge < -0.3 is 0 Å². The summed E-state index contributed by atoms with van der Waals surface area (Å²) in [6.07, 6.45) is -1.50. The first kappa shape index (κ1) is 27.3. The fourth-order valence-corrected chi connectivity index (χ4v) is 6.23. The average molecular weight is 583 g/mol. The maximum atomic E-state index is 13.7. The second-order valence-corrected chi connectivity index (χ2v) is 11.7. The number of anilines is 2. The highest BCUT2D eigenvalue weighted by Crippen LogP contribution is 2.39. The number of fused-ring (bicyclic) bond motifs is 1. The van der Waals surface area contributed by atoms with Crippen LogP contribution in [0, 0.1) is 0 Å². The summed E-state index contributed by atoms with van der Waals surface area (Å²) in [5.41, 5.74) is 0.109. The summed E-state index contributed by atoms with van der Waals surface area (Å²) in [6, 6.07) is 21.1. The Morgan fingerprint density at radius 2 is 1.65 bits per heavy atom. The molecule has 3 aromatic carbocycles. The zero-order chi connectivity index (χ0) is 28.5. The van der Waals surface area contributed by atoms with E-state index in [9.17, 15) is 26.4 Å². The SMILES string of the molecule is CN(c1ccccc1)S(=O)(=O)c1ccc(C(=O)N(Cc2cccnc2)c2nc3c(C(F)(F)F)cccc3s2)cc1. The molecule has 7 nitrogen and oxygen atoms in total. The van der Waals surface area contributed by atoms with E-state index in [-0.39, 0.29) is 32.4 Å². The summed E-state index contributed by atoms with van der Waals surface area (Å²) in [5.74, 6) is -0.558. The summed E-state index contributed by atoms with van der Waals surface area (Å²) in [7, 11) is -2.48. The molecule has 1 amide bonds. The molecule has 12 heteroatoms. The van der Waals surface area contributed by atoms with Gasteiger partial charge in [-0.25, -0.2) is 13.4 Å². The highest BCUT2D eigenvalue weighted by Gasteiger charge is 2.34. The molecule has 0 N–H and O–H groups in total. The number of benzene rings is 3. The Labute approximate surface area is 232 Å². The third kappa shape index (κ3) is 5.40. The summed E-state index contributed by atoms with van der Waals surface area (Å²) in [5, 5.41) is 0.0704. The van der Waals surface area contributed by atoms with Crippen molar-refractivity contribution in [1.82, 2.24) is 9.97 Å². The van der Waals surface area contributed by atoms with E-state index in [1.807, 2.05) is 0 Å². The number of nitrogens with zero attached hydrogens (tertiary/aromatic N) is 4. The number of halogens is 3. The van der Waals surface area contributed by atoms with Crippen LogP contribution in [-0.4, -0.2) is 31.3 Å². The number of carbonyl (C=O) groups is 1. The largest absolute Gasteiger partial charge is 0.418 e. The van der Waals surface area contributed by atoms with Gasteiger partial charge in [0.2, 0.25) is 0 Å². The Bertz CT molecular complexity index is 1760. The number of hydrogen-bond acceptors (Lipinski definition) is 6. The van der Waals surface area contributed by atoms with E-state index in [1.54, 1.807) is 54.9 Å². The van der Waals surface area contributed by atoms with Gasteiger partial charge in [0.1, 0.15) is 0 Å². The Morgan fingerprint density at radius 1 is 0.925 bits per heavy atom. The predicted octanol–water partition coefficient (Wildman–Crippen LogP) is 6.38. The van der Waals surface area contributed by atoms with Gasteiger partial charge in [-0.15, -0.1) is 0 Å². The molecule has 5 rings (SSSR count). The third-order valence-corrected chi connectivity index (χ3v) is 8.98. The van der Waals surface area contributed by atoms with Crippen molar-refractivity contribution in [1.29, 1.82) is 0 Å². The van der Waals surface area contributed by atoms with Crippen molar-refractivity contribution in [3.63, 3.8) is 0 Å². The van der Waals surface area contributed by atoms with Crippen molar-refractivity contribution in [3.05, 3.63) is 114 Å². The van der Waals surface area contributed by atoms with Gasteiger partial charge in [-0.2, -0.15) is 13.2 Å². The Hall–Kier alpha value is -4.29. The maximum Gasteiger partial charge on any atom is 0.418 e. The fraction of sp³-hybridized carbons (Fsp3) is 0.107. The van der Waals surface area contributed by atoms with E-state index >= 15 is 0 Å². The van der Waals surface area contributed by atoms with Crippen LogP contribution in [0.1, 0.15) is 21.5 Å². The van der Waals surface area contributed by atoms with Gasteiger partial charge in [0, 0.05) is 25.0 Å². The van der Waals surface area contributed by atoms with Crippen LogP contribution in [0.4, 0.5) is 24.0 Å². The van der Waals surface area contributed by atoms with Gasteiger partial charge >= 0.3 is 6.18 Å². The maximum absolute atomic E-state index is 13.7. The van der Waals surface area contributed by atoms with Gasteiger partial charge in [-0.1, -0.05) is 41.7 Å². The molecular weight excluding hydrogens is 561 g/mol. The second-order valence-electron chi connectivity index (χ2n) is 8.73. The van der Waals surface area contributed by atoms with Crippen LogP contribution in [0.25, 0.3) is 10.2 Å². The Morgan fingerprint density at radius 3 is 2.30 bits per heavy atom. The van der Waals surface area contributed by atoms with Gasteiger partial charge in [0.15, 0.2) is 5.13 Å². The third-order valence-electron chi connectivity index (χ3n) is 6.13. The normalized spacial score (nSPS) is 11.9. The van der Waals surface area contributed by atoms with Gasteiger partial charge in [-0.05, 0) is 60.2 Å².